The van der Waals surface area contributed by atoms with Gasteiger partial charge in [0.2, 0.25) is 5.88 Å². The predicted octanol–water partition coefficient (Wildman–Crippen LogP) is 4.44. The van der Waals surface area contributed by atoms with Gasteiger partial charge in [-0.25, -0.2) is 14.8 Å². The second kappa shape index (κ2) is 10.8. The number of rotatable bonds is 10. The number of aromatic nitrogens is 3. The zero-order chi connectivity index (χ0) is 27.9. The predicted molar refractivity (Wildman–Crippen MR) is 152 cm³/mol. The Labute approximate surface area is 239 Å². The third-order valence-electron chi connectivity index (χ3n) is 8.67. The molecule has 0 bridgehead atoms. The molecule has 9 heteroatoms. The van der Waals surface area contributed by atoms with Gasteiger partial charge >= 0.3 is 5.97 Å². The van der Waals surface area contributed by atoms with E-state index in [0.717, 1.165) is 60.8 Å². The number of hydrogen-bond donors (Lipinski definition) is 0. The number of hydrogen-bond acceptors (Lipinski definition) is 8. The minimum Gasteiger partial charge on any atom is -0.494 e. The highest BCUT2D eigenvalue weighted by atomic mass is 16.5. The van der Waals surface area contributed by atoms with Gasteiger partial charge in [0.15, 0.2) is 0 Å². The van der Waals surface area contributed by atoms with Crippen molar-refractivity contribution in [2.45, 2.75) is 38.1 Å². The number of likely N-dealkylation sites (tertiary alicyclic amines) is 1. The molecular formula is C32H34N4O5. The lowest BCUT2D eigenvalue weighted by molar-refractivity contribution is -0.0591. The maximum absolute atomic E-state index is 12.4. The molecule has 3 aliphatic rings. The Bertz CT molecular complexity index is 1560. The number of carbonyl (C=O) groups is 1. The molecule has 2 aromatic carbocycles. The highest BCUT2D eigenvalue weighted by Crippen LogP contribution is 2.58. The van der Waals surface area contributed by atoms with Crippen LogP contribution >= 0.6 is 0 Å². The molecule has 7 rings (SSSR count). The van der Waals surface area contributed by atoms with E-state index in [0.29, 0.717) is 48.1 Å². The summed E-state index contributed by atoms with van der Waals surface area (Å²) < 4.78 is 24.6. The molecule has 2 aliphatic heterocycles. The average Bonchev–Trinajstić information content (AvgIpc) is 3.29. The van der Waals surface area contributed by atoms with Gasteiger partial charge in [-0.1, -0.05) is 36.4 Å². The third-order valence-corrected chi connectivity index (χ3v) is 8.67. The lowest BCUT2D eigenvalue weighted by Gasteiger charge is -2.28. The highest BCUT2D eigenvalue weighted by Gasteiger charge is 2.57. The summed E-state index contributed by atoms with van der Waals surface area (Å²) in [6.45, 7) is 4.72. The van der Waals surface area contributed by atoms with Crippen molar-refractivity contribution in [2.75, 3.05) is 33.9 Å². The first-order valence-corrected chi connectivity index (χ1v) is 14.2. The van der Waals surface area contributed by atoms with Crippen LogP contribution in [0.2, 0.25) is 0 Å². The van der Waals surface area contributed by atoms with Gasteiger partial charge in [-0.15, -0.1) is 0 Å². The number of fused-ring (bicyclic) bond motifs is 2. The molecule has 0 amide bonds. The van der Waals surface area contributed by atoms with Crippen molar-refractivity contribution in [3.63, 3.8) is 0 Å². The molecular weight excluding hydrogens is 520 g/mol. The smallest absolute Gasteiger partial charge is 0.338 e. The topological polar surface area (TPSA) is 87.9 Å². The van der Waals surface area contributed by atoms with Gasteiger partial charge < -0.3 is 23.5 Å². The quantitative estimate of drug-likeness (QED) is 0.266. The Morgan fingerprint density at radius 2 is 1.83 bits per heavy atom. The molecule has 2 saturated heterocycles. The maximum atomic E-state index is 12.4. The van der Waals surface area contributed by atoms with Gasteiger partial charge in [-0.3, -0.25) is 4.90 Å². The second-order valence-corrected chi connectivity index (χ2v) is 11.2. The van der Waals surface area contributed by atoms with E-state index in [1.165, 1.54) is 7.11 Å². The number of piperidine rings is 1. The molecule has 212 valence electrons. The molecule has 0 N–H and O–H groups in total. The van der Waals surface area contributed by atoms with Crippen molar-refractivity contribution in [2.24, 2.45) is 11.8 Å². The lowest BCUT2D eigenvalue weighted by Crippen LogP contribution is -2.33. The first kappa shape index (κ1) is 26.0. The van der Waals surface area contributed by atoms with Crippen LogP contribution in [0.25, 0.3) is 11.0 Å². The van der Waals surface area contributed by atoms with Crippen molar-refractivity contribution >= 4 is 17.0 Å². The number of nitrogens with zero attached hydrogens (tertiary/aromatic N) is 4. The summed E-state index contributed by atoms with van der Waals surface area (Å²) in [5.74, 6) is 3.45. The Morgan fingerprint density at radius 3 is 2.54 bits per heavy atom. The van der Waals surface area contributed by atoms with E-state index < -0.39 is 5.97 Å². The molecule has 1 saturated carbocycles. The molecule has 3 fully saturated rings. The Morgan fingerprint density at radius 1 is 1.02 bits per heavy atom. The second-order valence-electron chi connectivity index (χ2n) is 11.2. The van der Waals surface area contributed by atoms with E-state index in [1.54, 1.807) is 13.2 Å². The molecule has 9 nitrogen and oxygen atoms in total. The fourth-order valence-corrected chi connectivity index (χ4v) is 6.40. The molecule has 4 heterocycles. The summed E-state index contributed by atoms with van der Waals surface area (Å²) in [6, 6.07) is 19.8. The summed E-state index contributed by atoms with van der Waals surface area (Å²) in [5, 5.41) is 0. The highest BCUT2D eigenvalue weighted by molar-refractivity contribution is 5.96. The van der Waals surface area contributed by atoms with E-state index in [4.69, 9.17) is 28.9 Å². The van der Waals surface area contributed by atoms with Crippen molar-refractivity contribution in [3.8, 4) is 11.6 Å². The van der Waals surface area contributed by atoms with Crippen LogP contribution in [-0.4, -0.2) is 65.4 Å². The zero-order valence-electron chi connectivity index (χ0n) is 23.4. The van der Waals surface area contributed by atoms with Crippen LogP contribution in [0.5, 0.6) is 11.6 Å². The van der Waals surface area contributed by atoms with Crippen LogP contribution in [0.1, 0.15) is 39.8 Å². The number of methoxy groups -OCH3 is 2. The number of imidazole rings is 1. The molecule has 0 spiro atoms. The normalized spacial score (nSPS) is 23.2. The average molecular weight is 555 g/mol. The van der Waals surface area contributed by atoms with Crippen molar-refractivity contribution in [1.82, 2.24) is 19.4 Å². The van der Waals surface area contributed by atoms with Crippen LogP contribution in [0, 0.1) is 11.8 Å². The summed E-state index contributed by atoms with van der Waals surface area (Å²) in [5.41, 5.74) is 4.33. The summed E-state index contributed by atoms with van der Waals surface area (Å²) in [4.78, 5) is 24.7. The SMILES string of the molecule is COC(=O)c1cc(OC)c2nc(CN3C[C@@H]4C(c5cccc(OCc6ccccc6)n5)[C@@H]4C3)n(C[C@@H]3CCO3)c2c1. The maximum Gasteiger partial charge on any atom is 0.338 e. The van der Waals surface area contributed by atoms with E-state index in [1.807, 2.05) is 30.3 Å². The molecule has 2 aromatic heterocycles. The number of benzene rings is 2. The van der Waals surface area contributed by atoms with Gasteiger partial charge in [0, 0.05) is 37.4 Å². The van der Waals surface area contributed by atoms with Crippen LogP contribution in [0.3, 0.4) is 0 Å². The number of carbonyl (C=O) groups excluding carboxylic acids is 1. The fraction of sp³-hybridized carbons (Fsp3) is 0.406. The van der Waals surface area contributed by atoms with Crippen LogP contribution < -0.4 is 9.47 Å². The van der Waals surface area contributed by atoms with Crippen molar-refractivity contribution in [3.05, 3.63) is 83.3 Å². The van der Waals surface area contributed by atoms with Crippen LogP contribution in [-0.2, 0) is 29.2 Å². The van der Waals surface area contributed by atoms with E-state index >= 15 is 0 Å². The number of pyridine rings is 1. The molecule has 4 aromatic rings. The minimum atomic E-state index is -0.395. The molecule has 0 radical (unpaired) electrons. The van der Waals surface area contributed by atoms with Gasteiger partial charge in [0.25, 0.3) is 0 Å². The lowest BCUT2D eigenvalue weighted by atomic mass is 10.1. The van der Waals surface area contributed by atoms with Crippen LogP contribution in [0.15, 0.2) is 60.7 Å². The Hall–Kier alpha value is -3.95. The van der Waals surface area contributed by atoms with Crippen molar-refractivity contribution < 1.29 is 23.7 Å². The summed E-state index contributed by atoms with van der Waals surface area (Å²) in [6.07, 6.45) is 1.17. The van der Waals surface area contributed by atoms with Crippen molar-refractivity contribution in [1.29, 1.82) is 0 Å². The molecule has 41 heavy (non-hydrogen) atoms. The number of esters is 1. The Balaban J connectivity index is 1.06. The van der Waals surface area contributed by atoms with Gasteiger partial charge in [0.05, 0.1) is 44.5 Å². The first-order valence-electron chi connectivity index (χ1n) is 14.2. The van der Waals surface area contributed by atoms with E-state index in [9.17, 15) is 4.79 Å². The summed E-state index contributed by atoms with van der Waals surface area (Å²) >= 11 is 0. The third kappa shape index (κ3) is 5.04. The standard InChI is InChI=1S/C32H34N4O5/c1-38-27-14-21(32(37)39-2)13-26-31(27)34-28(36(26)15-22-11-12-40-22)18-35-16-23-24(17-35)30(23)25-9-6-10-29(33-25)41-19-20-7-4-3-5-8-20/h3-10,13-14,22-24,30H,11-12,15-19H2,1-2H3/t22-,23-,24+,30?/m0/s1. The summed E-state index contributed by atoms with van der Waals surface area (Å²) in [7, 11) is 2.99. The van der Waals surface area contributed by atoms with E-state index in [-0.39, 0.29) is 6.10 Å². The van der Waals surface area contributed by atoms with E-state index in [2.05, 4.69) is 33.7 Å². The largest absolute Gasteiger partial charge is 0.494 e. The first-order chi connectivity index (χ1) is 20.1. The van der Waals surface area contributed by atoms with Crippen LogP contribution in [0.4, 0.5) is 0 Å². The van der Waals surface area contributed by atoms with Gasteiger partial charge in [-0.2, -0.15) is 0 Å². The van der Waals surface area contributed by atoms with Gasteiger partial charge in [-0.05, 0) is 42.0 Å². The molecule has 1 aliphatic carbocycles. The number of ether oxygens (including phenoxy) is 4. The minimum absolute atomic E-state index is 0.151. The molecule has 4 atom stereocenters. The monoisotopic (exact) mass is 554 g/mol. The zero-order valence-corrected chi connectivity index (χ0v) is 23.4. The van der Waals surface area contributed by atoms with Gasteiger partial charge in [0.1, 0.15) is 23.7 Å². The molecule has 1 unspecified atom stereocenters. The Kier molecular flexibility index (Phi) is 6.84. The fourth-order valence-electron chi connectivity index (χ4n) is 6.40.